The van der Waals surface area contributed by atoms with Crippen LogP contribution >= 0.6 is 0 Å². The first-order valence-corrected chi connectivity index (χ1v) is 5.40. The minimum atomic E-state index is -0.294. The fourth-order valence-corrected chi connectivity index (χ4v) is 1.78. The molecule has 1 atom stereocenters. The zero-order valence-corrected chi connectivity index (χ0v) is 9.88. The molecule has 0 bridgehead atoms. The summed E-state index contributed by atoms with van der Waals surface area (Å²) in [5.41, 5.74) is 7.04. The molecule has 1 aliphatic rings. The number of methoxy groups -OCH3 is 1. The largest absolute Gasteiger partial charge is 0.497 e. The Hall–Kier alpha value is -1.88. The third-order valence-corrected chi connectivity index (χ3v) is 2.82. The van der Waals surface area contributed by atoms with Gasteiger partial charge in [0.1, 0.15) is 5.75 Å². The minimum Gasteiger partial charge on any atom is -0.497 e. The molecule has 5 nitrogen and oxygen atoms in total. The van der Waals surface area contributed by atoms with Crippen LogP contribution in [0, 0.1) is 5.92 Å². The van der Waals surface area contributed by atoms with Crippen LogP contribution in [0.15, 0.2) is 29.4 Å². The fourth-order valence-electron chi connectivity index (χ4n) is 1.78. The van der Waals surface area contributed by atoms with Gasteiger partial charge in [-0.3, -0.25) is 4.79 Å². The van der Waals surface area contributed by atoms with Crippen LogP contribution < -0.4 is 15.5 Å². The molecule has 0 fully saturated rings. The lowest BCUT2D eigenvalue weighted by atomic mass is 10.1. The highest BCUT2D eigenvalue weighted by Gasteiger charge is 2.33. The van der Waals surface area contributed by atoms with E-state index in [0.29, 0.717) is 6.54 Å². The second kappa shape index (κ2) is 4.55. The van der Waals surface area contributed by atoms with Crippen molar-refractivity contribution in [2.75, 3.05) is 18.7 Å². The van der Waals surface area contributed by atoms with Crippen LogP contribution in [0.2, 0.25) is 0 Å². The fraction of sp³-hybridized carbons (Fsp3) is 0.333. The number of amides is 1. The normalized spacial score (nSPS) is 19.5. The zero-order valence-electron chi connectivity index (χ0n) is 9.88. The number of carbonyl (C=O) groups excluding carboxylic acids is 1. The van der Waals surface area contributed by atoms with Crippen molar-refractivity contribution < 1.29 is 9.53 Å². The number of nitrogens with zero attached hydrogens (tertiary/aromatic N) is 2. The van der Waals surface area contributed by atoms with E-state index in [1.807, 2.05) is 6.92 Å². The number of rotatable bonds is 3. The van der Waals surface area contributed by atoms with E-state index < -0.39 is 0 Å². The molecule has 90 valence electrons. The monoisotopic (exact) mass is 233 g/mol. The Kier molecular flexibility index (Phi) is 3.10. The van der Waals surface area contributed by atoms with Gasteiger partial charge in [0.2, 0.25) is 0 Å². The number of hydrazone groups is 1. The maximum atomic E-state index is 12.0. The van der Waals surface area contributed by atoms with E-state index in [0.717, 1.165) is 17.1 Å². The molecule has 5 heteroatoms. The molecular weight excluding hydrogens is 218 g/mol. The van der Waals surface area contributed by atoms with Crippen molar-refractivity contribution in [1.82, 2.24) is 0 Å². The van der Waals surface area contributed by atoms with Crippen molar-refractivity contribution in [1.29, 1.82) is 0 Å². The van der Waals surface area contributed by atoms with Gasteiger partial charge in [-0.2, -0.15) is 5.10 Å². The lowest BCUT2D eigenvalue weighted by molar-refractivity contribution is -0.119. The summed E-state index contributed by atoms with van der Waals surface area (Å²) in [6.07, 6.45) is 0. The van der Waals surface area contributed by atoms with Gasteiger partial charge in [-0.1, -0.05) is 0 Å². The van der Waals surface area contributed by atoms with Crippen LogP contribution in [-0.4, -0.2) is 25.3 Å². The first kappa shape index (κ1) is 11.6. The first-order valence-electron chi connectivity index (χ1n) is 5.40. The van der Waals surface area contributed by atoms with Gasteiger partial charge in [-0.15, -0.1) is 0 Å². The number of ether oxygens (including phenoxy) is 1. The summed E-state index contributed by atoms with van der Waals surface area (Å²) in [6.45, 7) is 2.11. The van der Waals surface area contributed by atoms with Gasteiger partial charge in [0.15, 0.2) is 0 Å². The Morgan fingerprint density at radius 1 is 1.41 bits per heavy atom. The molecule has 1 aromatic rings. The molecule has 2 rings (SSSR count). The molecule has 1 aliphatic heterocycles. The molecule has 0 radical (unpaired) electrons. The highest BCUT2D eigenvalue weighted by atomic mass is 16.5. The van der Waals surface area contributed by atoms with Crippen LogP contribution in [-0.2, 0) is 4.79 Å². The second-order valence-electron chi connectivity index (χ2n) is 3.88. The smallest absolute Gasteiger partial charge is 0.257 e. The van der Waals surface area contributed by atoms with E-state index >= 15 is 0 Å². The molecule has 1 amide bonds. The molecule has 17 heavy (non-hydrogen) atoms. The van der Waals surface area contributed by atoms with Crippen LogP contribution in [0.4, 0.5) is 5.69 Å². The van der Waals surface area contributed by atoms with Crippen LogP contribution in [0.3, 0.4) is 0 Å². The molecule has 0 aliphatic carbocycles. The van der Waals surface area contributed by atoms with Crippen LogP contribution in [0.25, 0.3) is 0 Å². The average molecular weight is 233 g/mol. The summed E-state index contributed by atoms with van der Waals surface area (Å²) in [4.78, 5) is 12.0. The standard InChI is InChI=1S/C12H15N3O2/c1-8-11(7-13)12(16)15(14-8)9-3-5-10(17-2)6-4-9/h3-6,11H,7,13H2,1-2H3. The minimum absolute atomic E-state index is 0.0739. The van der Waals surface area contributed by atoms with Crippen molar-refractivity contribution in [2.45, 2.75) is 6.92 Å². The molecule has 0 saturated carbocycles. The lowest BCUT2D eigenvalue weighted by Crippen LogP contribution is -2.32. The van der Waals surface area contributed by atoms with E-state index in [1.165, 1.54) is 5.01 Å². The number of nitrogens with two attached hydrogens (primary N) is 1. The predicted molar refractivity (Wildman–Crippen MR) is 66.1 cm³/mol. The van der Waals surface area contributed by atoms with Crippen molar-refractivity contribution in [3.8, 4) is 5.75 Å². The van der Waals surface area contributed by atoms with Crippen molar-refractivity contribution in [2.24, 2.45) is 16.8 Å². The van der Waals surface area contributed by atoms with Crippen LogP contribution in [0.5, 0.6) is 5.75 Å². The quantitative estimate of drug-likeness (QED) is 0.846. The average Bonchev–Trinajstić information content (AvgIpc) is 2.64. The first-order chi connectivity index (χ1) is 8.17. The van der Waals surface area contributed by atoms with Gasteiger partial charge >= 0.3 is 0 Å². The molecule has 0 saturated heterocycles. The van der Waals surface area contributed by atoms with Gasteiger partial charge in [0, 0.05) is 12.3 Å². The number of carbonyl (C=O) groups is 1. The Morgan fingerprint density at radius 3 is 2.53 bits per heavy atom. The molecule has 0 aromatic heterocycles. The van der Waals surface area contributed by atoms with Crippen molar-refractivity contribution in [3.63, 3.8) is 0 Å². The number of benzene rings is 1. The Morgan fingerprint density at radius 2 is 2.06 bits per heavy atom. The zero-order chi connectivity index (χ0) is 12.4. The Labute approximate surface area is 99.9 Å². The summed E-state index contributed by atoms with van der Waals surface area (Å²) < 4.78 is 5.06. The third-order valence-electron chi connectivity index (χ3n) is 2.82. The maximum Gasteiger partial charge on any atom is 0.257 e. The Bertz CT molecular complexity index is 453. The van der Waals surface area contributed by atoms with Gasteiger partial charge in [-0.05, 0) is 31.2 Å². The lowest BCUT2D eigenvalue weighted by Gasteiger charge is -2.13. The van der Waals surface area contributed by atoms with Gasteiger partial charge in [0.25, 0.3) is 5.91 Å². The third kappa shape index (κ3) is 2.01. The number of hydrogen-bond donors (Lipinski definition) is 1. The molecule has 2 N–H and O–H groups in total. The molecule has 0 spiro atoms. The summed E-state index contributed by atoms with van der Waals surface area (Å²) in [6, 6.07) is 7.19. The predicted octanol–water partition coefficient (Wildman–Crippen LogP) is 0.993. The van der Waals surface area contributed by atoms with E-state index in [-0.39, 0.29) is 11.8 Å². The summed E-state index contributed by atoms with van der Waals surface area (Å²) >= 11 is 0. The second-order valence-corrected chi connectivity index (χ2v) is 3.88. The Balaban J connectivity index is 2.26. The van der Waals surface area contributed by atoms with Crippen LogP contribution in [0.1, 0.15) is 6.92 Å². The molecule has 1 aromatic carbocycles. The summed E-state index contributed by atoms with van der Waals surface area (Å²) in [5.74, 6) is 0.378. The molecule has 1 heterocycles. The topological polar surface area (TPSA) is 67.9 Å². The number of hydrogen-bond acceptors (Lipinski definition) is 4. The van der Waals surface area contributed by atoms with Crippen molar-refractivity contribution in [3.05, 3.63) is 24.3 Å². The van der Waals surface area contributed by atoms with Gasteiger partial charge in [0.05, 0.1) is 18.7 Å². The van der Waals surface area contributed by atoms with Gasteiger partial charge < -0.3 is 10.5 Å². The maximum absolute atomic E-state index is 12.0. The van der Waals surface area contributed by atoms with E-state index in [1.54, 1.807) is 31.4 Å². The van der Waals surface area contributed by atoms with E-state index in [9.17, 15) is 4.79 Å². The van der Waals surface area contributed by atoms with E-state index in [4.69, 9.17) is 10.5 Å². The number of anilines is 1. The van der Waals surface area contributed by atoms with E-state index in [2.05, 4.69) is 5.10 Å². The highest BCUT2D eigenvalue weighted by molar-refractivity contribution is 6.14. The van der Waals surface area contributed by atoms with Gasteiger partial charge in [-0.25, -0.2) is 5.01 Å². The van der Waals surface area contributed by atoms with Crippen molar-refractivity contribution >= 4 is 17.3 Å². The summed E-state index contributed by atoms with van der Waals surface area (Å²) in [7, 11) is 1.60. The SMILES string of the molecule is COc1ccc(N2N=C(C)C(CN)C2=O)cc1. The summed E-state index contributed by atoms with van der Waals surface area (Å²) in [5, 5.41) is 5.62. The highest BCUT2D eigenvalue weighted by Crippen LogP contribution is 2.25. The molecular formula is C12H15N3O2. The molecule has 1 unspecified atom stereocenters.